The number of ether oxygens (including phenoxy) is 1. The molecule has 160 valence electrons. The third-order valence-electron chi connectivity index (χ3n) is 5.65. The van der Waals surface area contributed by atoms with Crippen molar-refractivity contribution in [2.24, 2.45) is 0 Å². The van der Waals surface area contributed by atoms with E-state index in [2.05, 4.69) is 25.8 Å². The summed E-state index contributed by atoms with van der Waals surface area (Å²) in [6.07, 6.45) is 3.81. The van der Waals surface area contributed by atoms with E-state index in [1.165, 1.54) is 0 Å². The highest BCUT2D eigenvalue weighted by Crippen LogP contribution is 2.44. The number of phenolic OH excluding ortho intramolecular Hbond substituents is 1. The molecule has 3 heterocycles. The predicted molar refractivity (Wildman–Crippen MR) is 128 cm³/mol. The number of anilines is 1. The lowest BCUT2D eigenvalue weighted by molar-refractivity contribution is 0.414. The molecule has 0 amide bonds. The molecule has 2 N–H and O–H groups in total. The molecule has 7 heteroatoms. The number of benzene rings is 2. The van der Waals surface area contributed by atoms with E-state index in [0.717, 1.165) is 28.5 Å². The Morgan fingerprint density at radius 1 is 0.969 bits per heavy atom. The average Bonchev–Trinajstić information content (AvgIpc) is 3.44. The van der Waals surface area contributed by atoms with Crippen molar-refractivity contribution in [2.45, 2.75) is 12.1 Å². The fraction of sp³-hybridized carbons (Fsp3) is 0.120. The van der Waals surface area contributed by atoms with Crippen molar-refractivity contribution >= 4 is 23.0 Å². The van der Waals surface area contributed by atoms with Crippen molar-refractivity contribution in [3.8, 4) is 17.2 Å². The summed E-state index contributed by atoms with van der Waals surface area (Å²) in [6, 6.07) is 24.7. The summed E-state index contributed by atoms with van der Waals surface area (Å²) in [6.45, 7) is 0. The molecule has 1 saturated heterocycles. The van der Waals surface area contributed by atoms with Gasteiger partial charge in [0.25, 0.3) is 0 Å². The smallest absolute Gasteiger partial charge is 0.174 e. The van der Waals surface area contributed by atoms with Gasteiger partial charge in [-0.1, -0.05) is 18.2 Å². The topological polar surface area (TPSA) is 62.5 Å². The number of phenols is 1. The molecule has 2 aromatic carbocycles. The number of thiocarbonyl (C=S) groups is 1. The monoisotopic (exact) mass is 442 g/mol. The maximum Gasteiger partial charge on any atom is 0.174 e. The number of hydrogen-bond acceptors (Lipinski definition) is 4. The van der Waals surface area contributed by atoms with Gasteiger partial charge in [-0.05, 0) is 72.9 Å². The largest absolute Gasteiger partial charge is 0.508 e. The van der Waals surface area contributed by atoms with Gasteiger partial charge in [0.05, 0.1) is 24.5 Å². The van der Waals surface area contributed by atoms with E-state index >= 15 is 0 Å². The minimum absolute atomic E-state index is 0.167. The zero-order chi connectivity index (χ0) is 22.1. The zero-order valence-corrected chi connectivity index (χ0v) is 18.2. The van der Waals surface area contributed by atoms with Crippen LogP contribution in [0.3, 0.4) is 0 Å². The number of nitrogens with one attached hydrogen (secondary N) is 1. The number of nitrogens with zero attached hydrogens (tertiary/aromatic N) is 3. The molecule has 0 saturated carbocycles. The minimum atomic E-state index is -0.183. The van der Waals surface area contributed by atoms with E-state index in [4.69, 9.17) is 17.0 Å². The summed E-state index contributed by atoms with van der Waals surface area (Å²) in [5.41, 5.74) is 3.76. The Balaban J connectivity index is 1.68. The molecule has 0 spiro atoms. The number of para-hydroxylation sites is 2. The molecule has 4 aromatic rings. The summed E-state index contributed by atoms with van der Waals surface area (Å²) < 4.78 is 7.77. The molecular formula is C25H22N4O2S. The second-order valence-corrected chi connectivity index (χ2v) is 7.87. The van der Waals surface area contributed by atoms with Crippen LogP contribution in [0.2, 0.25) is 0 Å². The van der Waals surface area contributed by atoms with Crippen molar-refractivity contribution in [1.82, 2.24) is 14.9 Å². The van der Waals surface area contributed by atoms with E-state index < -0.39 is 0 Å². The Labute approximate surface area is 191 Å². The molecule has 0 radical (unpaired) electrons. The van der Waals surface area contributed by atoms with Crippen molar-refractivity contribution in [1.29, 1.82) is 0 Å². The van der Waals surface area contributed by atoms with E-state index in [1.54, 1.807) is 25.4 Å². The Bertz CT molecular complexity index is 1240. The van der Waals surface area contributed by atoms with Crippen LogP contribution in [0.5, 0.6) is 11.5 Å². The molecule has 0 aliphatic carbocycles. The highest BCUT2D eigenvalue weighted by molar-refractivity contribution is 7.80. The minimum Gasteiger partial charge on any atom is -0.508 e. The maximum atomic E-state index is 9.74. The molecule has 6 nitrogen and oxygen atoms in total. The van der Waals surface area contributed by atoms with Crippen molar-refractivity contribution in [3.05, 3.63) is 103 Å². The molecular weight excluding hydrogens is 420 g/mol. The number of aromatic nitrogens is 2. The summed E-state index contributed by atoms with van der Waals surface area (Å²) in [4.78, 5) is 6.71. The van der Waals surface area contributed by atoms with Gasteiger partial charge in [-0.15, -0.1) is 0 Å². The van der Waals surface area contributed by atoms with Gasteiger partial charge in [-0.25, -0.2) is 0 Å². The van der Waals surface area contributed by atoms with Gasteiger partial charge < -0.3 is 24.6 Å². The lowest BCUT2D eigenvalue weighted by atomic mass is 10.0. The number of rotatable bonds is 5. The van der Waals surface area contributed by atoms with Crippen molar-refractivity contribution < 1.29 is 9.84 Å². The molecule has 1 fully saturated rings. The first-order chi connectivity index (χ1) is 15.7. The van der Waals surface area contributed by atoms with Crippen LogP contribution in [-0.4, -0.2) is 26.9 Å². The summed E-state index contributed by atoms with van der Waals surface area (Å²) in [7, 11) is 1.66. The highest BCUT2D eigenvalue weighted by Gasteiger charge is 2.43. The van der Waals surface area contributed by atoms with Crippen LogP contribution in [0.15, 0.2) is 91.3 Å². The summed E-state index contributed by atoms with van der Waals surface area (Å²) >= 11 is 5.82. The van der Waals surface area contributed by atoms with Crippen LogP contribution in [0.25, 0.3) is 5.69 Å². The fourth-order valence-electron chi connectivity index (χ4n) is 4.23. The Morgan fingerprint density at radius 2 is 1.75 bits per heavy atom. The molecule has 1 aliphatic heterocycles. The van der Waals surface area contributed by atoms with Crippen LogP contribution >= 0.6 is 12.2 Å². The first-order valence-electron chi connectivity index (χ1n) is 10.3. The number of methoxy groups -OCH3 is 1. The van der Waals surface area contributed by atoms with Gasteiger partial charge >= 0.3 is 0 Å². The first-order valence-corrected chi connectivity index (χ1v) is 10.7. The Kier molecular flexibility index (Phi) is 5.25. The lowest BCUT2D eigenvalue weighted by Gasteiger charge is -2.30. The fourth-order valence-corrected chi connectivity index (χ4v) is 4.57. The molecule has 2 aromatic heterocycles. The first kappa shape index (κ1) is 20.1. The van der Waals surface area contributed by atoms with Gasteiger partial charge in [-0.2, -0.15) is 0 Å². The summed E-state index contributed by atoms with van der Waals surface area (Å²) in [5.74, 6) is 0.972. The molecule has 5 rings (SSSR count). The van der Waals surface area contributed by atoms with Gasteiger partial charge in [0.15, 0.2) is 5.11 Å². The van der Waals surface area contributed by atoms with Gasteiger partial charge in [-0.3, -0.25) is 4.98 Å². The van der Waals surface area contributed by atoms with E-state index in [0.29, 0.717) is 5.11 Å². The number of aromatic hydroxyl groups is 1. The van der Waals surface area contributed by atoms with Gasteiger partial charge in [0.1, 0.15) is 17.5 Å². The van der Waals surface area contributed by atoms with Crippen LogP contribution in [-0.2, 0) is 0 Å². The second kappa shape index (κ2) is 8.36. The standard InChI is InChI=1S/C25H22N4O2S/c1-31-22-10-3-2-8-20(22)29-24(23(27-25(29)32)19-7-4-5-15-26-19)21-9-6-16-28(21)17-11-13-18(30)14-12-17/h2-16,23-24,30H,1H3,(H,27,32)/t23-,24-/m0/s1. The molecule has 0 unspecified atom stereocenters. The van der Waals surface area contributed by atoms with Gasteiger partial charge in [0.2, 0.25) is 0 Å². The third-order valence-corrected chi connectivity index (χ3v) is 5.97. The Hall–Kier alpha value is -3.84. The molecule has 2 atom stereocenters. The van der Waals surface area contributed by atoms with E-state index in [-0.39, 0.29) is 17.8 Å². The summed E-state index contributed by atoms with van der Waals surface area (Å²) in [5, 5.41) is 13.8. The second-order valence-electron chi connectivity index (χ2n) is 7.49. The van der Waals surface area contributed by atoms with Gasteiger partial charge in [0, 0.05) is 23.8 Å². The van der Waals surface area contributed by atoms with Crippen LogP contribution < -0.4 is 15.0 Å². The van der Waals surface area contributed by atoms with E-state index in [1.807, 2.05) is 66.9 Å². The van der Waals surface area contributed by atoms with Crippen LogP contribution in [0, 0.1) is 0 Å². The SMILES string of the molecule is COc1ccccc1N1C(=S)N[C@@H](c2ccccn2)[C@@H]1c1cccn1-c1ccc(O)cc1. The third kappa shape index (κ3) is 3.46. The zero-order valence-electron chi connectivity index (χ0n) is 17.4. The normalized spacial score (nSPS) is 17.9. The molecule has 1 aliphatic rings. The van der Waals surface area contributed by atoms with Crippen molar-refractivity contribution in [3.63, 3.8) is 0 Å². The maximum absolute atomic E-state index is 9.74. The number of pyridine rings is 1. The lowest BCUT2D eigenvalue weighted by Crippen LogP contribution is -2.30. The number of hydrogen-bond donors (Lipinski definition) is 2. The Morgan fingerprint density at radius 3 is 2.50 bits per heavy atom. The van der Waals surface area contributed by atoms with Crippen molar-refractivity contribution in [2.75, 3.05) is 12.0 Å². The highest BCUT2D eigenvalue weighted by atomic mass is 32.1. The quantitative estimate of drug-likeness (QED) is 0.435. The van der Waals surface area contributed by atoms with Crippen LogP contribution in [0.1, 0.15) is 23.5 Å². The van der Waals surface area contributed by atoms with E-state index in [9.17, 15) is 5.11 Å². The van der Waals surface area contributed by atoms with Crippen LogP contribution in [0.4, 0.5) is 5.69 Å². The molecule has 32 heavy (non-hydrogen) atoms. The molecule has 0 bridgehead atoms. The average molecular weight is 443 g/mol. The predicted octanol–water partition coefficient (Wildman–Crippen LogP) is 4.76.